The molecule has 2 aromatic carbocycles. The Labute approximate surface area is 183 Å². The number of benzene rings is 2. The first-order valence-electron chi connectivity index (χ1n) is 10.6. The number of carbonyl (C=O) groups is 1. The van der Waals surface area contributed by atoms with E-state index in [0.29, 0.717) is 36.7 Å². The number of nitrogens with zero attached hydrogens (tertiary/aromatic N) is 2. The molecule has 0 aromatic heterocycles. The van der Waals surface area contributed by atoms with E-state index in [1.54, 1.807) is 38.5 Å². The van der Waals surface area contributed by atoms with Crippen LogP contribution in [0.3, 0.4) is 0 Å². The monoisotopic (exact) mass is 444 g/mol. The van der Waals surface area contributed by atoms with Gasteiger partial charge >= 0.3 is 0 Å². The molecule has 0 aliphatic carbocycles. The summed E-state index contributed by atoms with van der Waals surface area (Å²) in [5.41, 5.74) is 1.43. The van der Waals surface area contributed by atoms with Gasteiger partial charge in [-0.2, -0.15) is 4.31 Å². The number of hydrogen-bond acceptors (Lipinski definition) is 5. The van der Waals surface area contributed by atoms with Crippen LogP contribution in [-0.4, -0.2) is 57.4 Å². The maximum Gasteiger partial charge on any atom is 0.254 e. The summed E-state index contributed by atoms with van der Waals surface area (Å²) < 4.78 is 37.8. The van der Waals surface area contributed by atoms with E-state index in [1.165, 1.54) is 4.31 Å². The second kappa shape index (κ2) is 8.88. The summed E-state index contributed by atoms with van der Waals surface area (Å²) in [7, 11) is -0.275. The molecule has 166 valence electrons. The van der Waals surface area contributed by atoms with Crippen molar-refractivity contribution in [3.05, 3.63) is 53.6 Å². The lowest BCUT2D eigenvalue weighted by molar-refractivity contribution is 0.0734. The molecule has 0 radical (unpaired) electrons. The molecule has 0 bridgehead atoms. The molecule has 2 fully saturated rings. The van der Waals surface area contributed by atoms with Crippen molar-refractivity contribution in [1.82, 2.24) is 9.21 Å². The Morgan fingerprint density at radius 3 is 2.29 bits per heavy atom. The Bertz CT molecular complexity index is 1050. The molecule has 8 heteroatoms. The first kappa shape index (κ1) is 21.6. The fourth-order valence-corrected chi connectivity index (χ4v) is 5.96. The highest BCUT2D eigenvalue weighted by atomic mass is 32.2. The highest BCUT2D eigenvalue weighted by molar-refractivity contribution is 7.89. The molecule has 2 aliphatic rings. The maximum absolute atomic E-state index is 13.3. The lowest BCUT2D eigenvalue weighted by atomic mass is 10.0. The predicted octanol–water partition coefficient (Wildman–Crippen LogP) is 3.47. The van der Waals surface area contributed by atoms with E-state index in [9.17, 15) is 13.2 Å². The van der Waals surface area contributed by atoms with Crippen molar-refractivity contribution >= 4 is 15.9 Å². The molecule has 1 atom stereocenters. The van der Waals surface area contributed by atoms with Crippen LogP contribution in [0.2, 0.25) is 0 Å². The molecule has 2 saturated heterocycles. The van der Waals surface area contributed by atoms with Crippen LogP contribution < -0.4 is 9.47 Å². The third-order valence-electron chi connectivity index (χ3n) is 6.12. The molecule has 4 rings (SSSR count). The molecule has 0 N–H and O–H groups in total. The molecular weight excluding hydrogens is 416 g/mol. The van der Waals surface area contributed by atoms with Crippen LogP contribution in [-0.2, 0) is 10.0 Å². The number of rotatable bonds is 6. The van der Waals surface area contributed by atoms with Crippen molar-refractivity contribution < 1.29 is 22.7 Å². The molecule has 1 amide bonds. The normalized spacial score (nSPS) is 19.5. The number of likely N-dealkylation sites (tertiary alicyclic amines) is 1. The standard InChI is InChI=1S/C23H28N2O5S/c1-29-18-9-12-20(22(16-18)30-2)21-6-5-15-25(21)23(26)17-7-10-19(11-8-17)31(27,28)24-13-3-4-14-24/h7-12,16,21H,3-6,13-15H2,1-2H3. The molecule has 2 aliphatic heterocycles. The number of sulfonamides is 1. The summed E-state index contributed by atoms with van der Waals surface area (Å²) in [6, 6.07) is 11.9. The molecule has 1 unspecified atom stereocenters. The number of hydrogen-bond donors (Lipinski definition) is 0. The van der Waals surface area contributed by atoms with Gasteiger partial charge in [-0.15, -0.1) is 0 Å². The van der Waals surface area contributed by atoms with Crippen LogP contribution >= 0.6 is 0 Å². The van der Waals surface area contributed by atoms with Crippen LogP contribution in [0.4, 0.5) is 0 Å². The SMILES string of the molecule is COc1ccc(C2CCCN2C(=O)c2ccc(S(=O)(=O)N3CCCC3)cc2)c(OC)c1. The summed E-state index contributed by atoms with van der Waals surface area (Å²) in [6.45, 7) is 1.76. The minimum absolute atomic E-state index is 0.0960. The van der Waals surface area contributed by atoms with E-state index in [1.807, 2.05) is 23.1 Å². The molecule has 2 aromatic rings. The Morgan fingerprint density at radius 2 is 1.65 bits per heavy atom. The van der Waals surface area contributed by atoms with Crippen LogP contribution in [0, 0.1) is 0 Å². The van der Waals surface area contributed by atoms with Crippen molar-refractivity contribution in [2.75, 3.05) is 33.9 Å². The molecular formula is C23H28N2O5S. The average Bonchev–Trinajstić information content (AvgIpc) is 3.51. The van der Waals surface area contributed by atoms with Gasteiger partial charge in [0.25, 0.3) is 5.91 Å². The van der Waals surface area contributed by atoms with Crippen LogP contribution in [0.25, 0.3) is 0 Å². The summed E-state index contributed by atoms with van der Waals surface area (Å²) in [5, 5.41) is 0. The van der Waals surface area contributed by atoms with Gasteiger partial charge < -0.3 is 14.4 Å². The van der Waals surface area contributed by atoms with E-state index in [2.05, 4.69) is 0 Å². The van der Waals surface area contributed by atoms with Gasteiger partial charge in [0.05, 0.1) is 25.2 Å². The zero-order valence-corrected chi connectivity index (χ0v) is 18.7. The predicted molar refractivity (Wildman–Crippen MR) is 117 cm³/mol. The highest BCUT2D eigenvalue weighted by Crippen LogP contribution is 2.39. The van der Waals surface area contributed by atoms with Crippen molar-refractivity contribution in [2.24, 2.45) is 0 Å². The quantitative estimate of drug-likeness (QED) is 0.682. The first-order chi connectivity index (χ1) is 15.0. The lowest BCUT2D eigenvalue weighted by Gasteiger charge is -2.27. The zero-order valence-electron chi connectivity index (χ0n) is 17.9. The number of ether oxygens (including phenoxy) is 2. The van der Waals surface area contributed by atoms with E-state index in [-0.39, 0.29) is 16.8 Å². The largest absolute Gasteiger partial charge is 0.497 e. The number of amides is 1. The van der Waals surface area contributed by atoms with Crippen molar-refractivity contribution in [1.29, 1.82) is 0 Å². The van der Waals surface area contributed by atoms with Crippen molar-refractivity contribution in [2.45, 2.75) is 36.6 Å². The van der Waals surface area contributed by atoms with E-state index >= 15 is 0 Å². The molecule has 0 saturated carbocycles. The van der Waals surface area contributed by atoms with Gasteiger partial charge in [-0.1, -0.05) is 0 Å². The van der Waals surface area contributed by atoms with Gasteiger partial charge in [-0.3, -0.25) is 4.79 Å². The minimum Gasteiger partial charge on any atom is -0.497 e. The first-order valence-corrected chi connectivity index (χ1v) is 12.0. The molecule has 7 nitrogen and oxygen atoms in total. The van der Waals surface area contributed by atoms with Gasteiger partial charge in [-0.05, 0) is 62.1 Å². The molecule has 2 heterocycles. The summed E-state index contributed by atoms with van der Waals surface area (Å²) in [5.74, 6) is 1.29. The number of carbonyl (C=O) groups excluding carboxylic acids is 1. The Hall–Kier alpha value is -2.58. The maximum atomic E-state index is 13.3. The smallest absolute Gasteiger partial charge is 0.254 e. The summed E-state index contributed by atoms with van der Waals surface area (Å²) in [6.07, 6.45) is 3.52. The Morgan fingerprint density at radius 1 is 0.935 bits per heavy atom. The van der Waals surface area contributed by atoms with Gasteiger partial charge in [0.2, 0.25) is 10.0 Å². The zero-order chi connectivity index (χ0) is 22.0. The van der Waals surface area contributed by atoms with Gasteiger partial charge in [0.1, 0.15) is 11.5 Å². The Kier molecular flexibility index (Phi) is 6.20. The summed E-state index contributed by atoms with van der Waals surface area (Å²) >= 11 is 0. The second-order valence-corrected chi connectivity index (χ2v) is 9.84. The molecule has 0 spiro atoms. The third kappa shape index (κ3) is 4.14. The highest BCUT2D eigenvalue weighted by Gasteiger charge is 2.33. The fourth-order valence-electron chi connectivity index (χ4n) is 4.44. The minimum atomic E-state index is -3.49. The van der Waals surface area contributed by atoms with Crippen LogP contribution in [0.1, 0.15) is 47.6 Å². The second-order valence-electron chi connectivity index (χ2n) is 7.90. The summed E-state index contributed by atoms with van der Waals surface area (Å²) in [4.78, 5) is 15.3. The fraction of sp³-hybridized carbons (Fsp3) is 0.435. The van der Waals surface area contributed by atoms with Crippen LogP contribution in [0.15, 0.2) is 47.4 Å². The van der Waals surface area contributed by atoms with Gasteiger partial charge in [0, 0.05) is 36.8 Å². The van der Waals surface area contributed by atoms with Gasteiger partial charge in [0.15, 0.2) is 0 Å². The topological polar surface area (TPSA) is 76.2 Å². The number of methoxy groups -OCH3 is 2. The van der Waals surface area contributed by atoms with E-state index in [0.717, 1.165) is 31.2 Å². The van der Waals surface area contributed by atoms with Crippen LogP contribution in [0.5, 0.6) is 11.5 Å². The lowest BCUT2D eigenvalue weighted by Crippen LogP contribution is -2.31. The third-order valence-corrected chi connectivity index (χ3v) is 8.03. The molecule has 31 heavy (non-hydrogen) atoms. The van der Waals surface area contributed by atoms with Gasteiger partial charge in [-0.25, -0.2) is 8.42 Å². The van der Waals surface area contributed by atoms with Crippen molar-refractivity contribution in [3.8, 4) is 11.5 Å². The Balaban J connectivity index is 1.56. The average molecular weight is 445 g/mol. The van der Waals surface area contributed by atoms with Crippen molar-refractivity contribution in [3.63, 3.8) is 0 Å². The van der Waals surface area contributed by atoms with E-state index < -0.39 is 10.0 Å². The van der Waals surface area contributed by atoms with E-state index in [4.69, 9.17) is 9.47 Å².